The molecule has 1 atom stereocenters. The first kappa shape index (κ1) is 13.1. The summed E-state index contributed by atoms with van der Waals surface area (Å²) >= 11 is 0. The Bertz CT molecular complexity index is 288. The van der Waals surface area contributed by atoms with Crippen molar-refractivity contribution in [2.45, 2.75) is 25.4 Å². The highest BCUT2D eigenvalue weighted by atomic mass is 28.4. The second-order valence-electron chi connectivity index (χ2n) is 4.40. The number of aliphatic carboxylic acids is 1. The largest absolute Gasteiger partial charge is 0.481 e. The average molecular weight is 247 g/mol. The molecule has 92 valence electrons. The zero-order chi connectivity index (χ0) is 12.3. The average Bonchev–Trinajstić information content (AvgIpc) is 2.46. The highest BCUT2D eigenvalue weighted by Crippen LogP contribution is 2.19. The van der Waals surface area contributed by atoms with Crippen LogP contribution in [0.25, 0.3) is 0 Å². The molecule has 16 heavy (non-hydrogen) atoms. The molecule has 1 rings (SSSR count). The molecule has 1 aliphatic heterocycles. The van der Waals surface area contributed by atoms with Gasteiger partial charge in [0.25, 0.3) is 0 Å². The van der Waals surface area contributed by atoms with Crippen molar-refractivity contribution in [1.29, 1.82) is 0 Å². The maximum absolute atomic E-state index is 11.4. The van der Waals surface area contributed by atoms with Crippen molar-refractivity contribution in [3.05, 3.63) is 0 Å². The number of amides is 1. The third-order valence-electron chi connectivity index (χ3n) is 2.64. The van der Waals surface area contributed by atoms with E-state index < -0.39 is 20.4 Å². The first-order valence-corrected chi connectivity index (χ1v) is 7.85. The van der Waals surface area contributed by atoms with Crippen LogP contribution in [-0.4, -0.2) is 53.1 Å². The molecule has 1 saturated heterocycles. The van der Waals surface area contributed by atoms with Gasteiger partial charge in [-0.3, -0.25) is 9.59 Å². The Hall–Kier alpha value is -0.923. The second kappa shape index (κ2) is 4.94. The third-order valence-corrected chi connectivity index (χ3v) is 3.94. The van der Waals surface area contributed by atoms with Crippen LogP contribution in [0.4, 0.5) is 0 Å². The normalized spacial score (nSPS) is 21.6. The molecule has 0 aromatic rings. The SMILES string of the molecule is C[Si](O)(O)CCCN1CC(C(=O)O)CC1=O. The molecule has 1 fully saturated rings. The topological polar surface area (TPSA) is 98.1 Å². The molecule has 7 heteroatoms. The van der Waals surface area contributed by atoms with Gasteiger partial charge in [0, 0.05) is 19.5 Å². The first-order chi connectivity index (χ1) is 7.29. The molecular weight excluding hydrogens is 230 g/mol. The molecular formula is C9H17NO5Si. The Morgan fingerprint density at radius 2 is 2.19 bits per heavy atom. The number of rotatable bonds is 5. The molecule has 0 aliphatic carbocycles. The van der Waals surface area contributed by atoms with E-state index in [2.05, 4.69) is 0 Å². The minimum Gasteiger partial charge on any atom is -0.481 e. The van der Waals surface area contributed by atoms with Gasteiger partial charge >= 0.3 is 14.5 Å². The second-order valence-corrected chi connectivity index (χ2v) is 7.33. The molecule has 3 N–H and O–H groups in total. The van der Waals surface area contributed by atoms with Gasteiger partial charge in [-0.25, -0.2) is 0 Å². The van der Waals surface area contributed by atoms with E-state index in [4.69, 9.17) is 5.11 Å². The molecule has 0 radical (unpaired) electrons. The third kappa shape index (κ3) is 3.91. The highest BCUT2D eigenvalue weighted by Gasteiger charge is 2.34. The van der Waals surface area contributed by atoms with Gasteiger partial charge in [-0.05, 0) is 19.0 Å². The van der Waals surface area contributed by atoms with Crippen LogP contribution in [0.15, 0.2) is 0 Å². The molecule has 0 aromatic heterocycles. The molecule has 1 unspecified atom stereocenters. The van der Waals surface area contributed by atoms with E-state index in [0.717, 1.165) is 0 Å². The lowest BCUT2D eigenvalue weighted by molar-refractivity contribution is -0.141. The van der Waals surface area contributed by atoms with Crippen LogP contribution in [0.5, 0.6) is 0 Å². The Morgan fingerprint density at radius 3 is 2.62 bits per heavy atom. The van der Waals surface area contributed by atoms with Gasteiger partial charge in [0.15, 0.2) is 0 Å². The molecule has 1 heterocycles. The molecule has 0 saturated carbocycles. The van der Waals surface area contributed by atoms with Crippen LogP contribution in [-0.2, 0) is 9.59 Å². The quantitative estimate of drug-likeness (QED) is 0.562. The van der Waals surface area contributed by atoms with Crippen LogP contribution in [0, 0.1) is 5.92 Å². The summed E-state index contributed by atoms with van der Waals surface area (Å²) in [6, 6.07) is 0.300. The Kier molecular flexibility index (Phi) is 4.06. The maximum atomic E-state index is 11.4. The number of carbonyl (C=O) groups excluding carboxylic acids is 1. The van der Waals surface area contributed by atoms with E-state index in [1.54, 1.807) is 0 Å². The summed E-state index contributed by atoms with van der Waals surface area (Å²) < 4.78 is 0. The fourth-order valence-electron chi connectivity index (χ4n) is 1.76. The zero-order valence-electron chi connectivity index (χ0n) is 9.22. The number of carboxylic acids is 1. The molecule has 0 aromatic carbocycles. The van der Waals surface area contributed by atoms with E-state index in [0.29, 0.717) is 19.0 Å². The number of likely N-dealkylation sites (tertiary alicyclic amines) is 1. The van der Waals surface area contributed by atoms with Crippen molar-refractivity contribution in [3.8, 4) is 0 Å². The molecule has 1 aliphatic rings. The van der Waals surface area contributed by atoms with E-state index in [1.165, 1.54) is 11.4 Å². The lowest BCUT2D eigenvalue weighted by atomic mass is 10.1. The summed E-state index contributed by atoms with van der Waals surface area (Å²) in [4.78, 5) is 41.9. The van der Waals surface area contributed by atoms with Crippen LogP contribution in [0.2, 0.25) is 12.6 Å². The van der Waals surface area contributed by atoms with Crippen molar-refractivity contribution in [1.82, 2.24) is 4.90 Å². The van der Waals surface area contributed by atoms with Gasteiger partial charge in [-0.1, -0.05) is 0 Å². The highest BCUT2D eigenvalue weighted by molar-refractivity contribution is 6.63. The van der Waals surface area contributed by atoms with Gasteiger partial charge in [0.2, 0.25) is 5.91 Å². The zero-order valence-corrected chi connectivity index (χ0v) is 10.2. The minimum atomic E-state index is -3.04. The standard InChI is InChI=1S/C9H17NO5Si/c1-16(14,15)4-2-3-10-6-7(9(12)13)5-8(10)11/h7,14-15H,2-6H2,1H3,(H,12,13). The van der Waals surface area contributed by atoms with Crippen molar-refractivity contribution >= 4 is 20.4 Å². The number of nitrogens with zero attached hydrogens (tertiary/aromatic N) is 1. The predicted molar refractivity (Wildman–Crippen MR) is 57.8 cm³/mol. The molecule has 6 nitrogen and oxygen atoms in total. The molecule has 0 bridgehead atoms. The van der Waals surface area contributed by atoms with Crippen LogP contribution in [0.3, 0.4) is 0 Å². The van der Waals surface area contributed by atoms with Crippen LogP contribution in [0.1, 0.15) is 12.8 Å². The maximum Gasteiger partial charge on any atom is 0.329 e. The summed E-state index contributed by atoms with van der Waals surface area (Å²) in [5.41, 5.74) is 0. The van der Waals surface area contributed by atoms with Crippen molar-refractivity contribution in [2.24, 2.45) is 5.92 Å². The molecule has 1 amide bonds. The van der Waals surface area contributed by atoms with Gasteiger partial charge in [0.1, 0.15) is 0 Å². The van der Waals surface area contributed by atoms with Gasteiger partial charge < -0.3 is 19.6 Å². The number of carboxylic acid groups (broad SMARTS) is 1. The monoisotopic (exact) mass is 247 g/mol. The smallest absolute Gasteiger partial charge is 0.329 e. The summed E-state index contributed by atoms with van der Waals surface area (Å²) in [6.07, 6.45) is 0.566. The van der Waals surface area contributed by atoms with E-state index >= 15 is 0 Å². The number of hydrogen-bond donors (Lipinski definition) is 3. The fourth-order valence-corrected chi connectivity index (χ4v) is 2.59. The summed E-state index contributed by atoms with van der Waals surface area (Å²) in [5.74, 6) is -1.72. The van der Waals surface area contributed by atoms with E-state index in [9.17, 15) is 19.2 Å². The Morgan fingerprint density at radius 1 is 1.56 bits per heavy atom. The van der Waals surface area contributed by atoms with Gasteiger partial charge in [-0.2, -0.15) is 0 Å². The fraction of sp³-hybridized carbons (Fsp3) is 0.778. The van der Waals surface area contributed by atoms with Crippen molar-refractivity contribution < 1.29 is 24.3 Å². The Balaban J connectivity index is 2.34. The number of hydrogen-bond acceptors (Lipinski definition) is 4. The first-order valence-electron chi connectivity index (χ1n) is 5.25. The van der Waals surface area contributed by atoms with Crippen molar-refractivity contribution in [3.63, 3.8) is 0 Å². The lowest BCUT2D eigenvalue weighted by Gasteiger charge is -2.17. The minimum absolute atomic E-state index is 0.0578. The lowest BCUT2D eigenvalue weighted by Crippen LogP contribution is -2.33. The Labute approximate surface area is 94.7 Å². The van der Waals surface area contributed by atoms with Crippen LogP contribution < -0.4 is 0 Å². The summed E-state index contributed by atoms with van der Waals surface area (Å²) in [5, 5.41) is 8.75. The number of carbonyl (C=O) groups is 2. The molecule has 0 spiro atoms. The summed E-state index contributed by atoms with van der Waals surface area (Å²) in [6.45, 7) is 2.06. The predicted octanol–water partition coefficient (Wildman–Crippen LogP) is -0.634. The van der Waals surface area contributed by atoms with Gasteiger partial charge in [0.05, 0.1) is 5.92 Å². The van der Waals surface area contributed by atoms with Gasteiger partial charge in [-0.15, -0.1) is 0 Å². The summed E-state index contributed by atoms with van der Waals surface area (Å²) in [7, 11) is -3.04. The van der Waals surface area contributed by atoms with Crippen LogP contribution >= 0.6 is 0 Å². The van der Waals surface area contributed by atoms with Crippen molar-refractivity contribution in [2.75, 3.05) is 13.1 Å². The van der Waals surface area contributed by atoms with E-state index in [-0.39, 0.29) is 18.9 Å². The van der Waals surface area contributed by atoms with E-state index in [1.807, 2.05) is 0 Å².